The number of carbonyl (C=O) groups is 2. The fraction of sp³-hybridized carbons (Fsp3) is 0.415. The number of hydrogen-bond acceptors (Lipinski definition) is 8. The summed E-state index contributed by atoms with van der Waals surface area (Å²) in [7, 11) is 1.80. The molecule has 12 nitrogen and oxygen atoms in total. The highest BCUT2D eigenvalue weighted by molar-refractivity contribution is 8.01. The Morgan fingerprint density at radius 1 is 0.965 bits per heavy atom. The molecule has 2 aliphatic carbocycles. The van der Waals surface area contributed by atoms with Gasteiger partial charge in [-0.1, -0.05) is 31.2 Å². The summed E-state index contributed by atoms with van der Waals surface area (Å²) in [4.78, 5) is 46.2. The monoisotopic (exact) mass is 802 g/mol. The fourth-order valence-electron chi connectivity index (χ4n) is 7.66. The van der Waals surface area contributed by atoms with Gasteiger partial charge in [-0.05, 0) is 103 Å². The number of hydrogen-bond donors (Lipinski definition) is 3. The van der Waals surface area contributed by atoms with Crippen LogP contribution in [-0.2, 0) is 61.6 Å². The second kappa shape index (κ2) is 16.0. The number of nitrogens with one attached hydrogen (secondary N) is 3. The van der Waals surface area contributed by atoms with Crippen LogP contribution in [0.25, 0.3) is 11.4 Å². The van der Waals surface area contributed by atoms with Gasteiger partial charge >= 0.3 is 6.18 Å². The highest BCUT2D eigenvalue weighted by atomic mass is 32.2. The number of H-pyrrole nitrogens is 1. The molecule has 2 fully saturated rings. The first kappa shape index (κ1) is 38.6. The number of amides is 2. The molecule has 0 radical (unpaired) electrons. The van der Waals surface area contributed by atoms with E-state index in [0.29, 0.717) is 91.5 Å². The minimum Gasteiger partial charge on any atom is -0.376 e. The summed E-state index contributed by atoms with van der Waals surface area (Å²) in [6.45, 7) is 3.96. The molecule has 0 atom stereocenters. The van der Waals surface area contributed by atoms with Crippen molar-refractivity contribution in [3.05, 3.63) is 104 Å². The topological polar surface area (TPSA) is 130 Å². The lowest BCUT2D eigenvalue weighted by Gasteiger charge is -2.36. The minimum atomic E-state index is -4.49. The van der Waals surface area contributed by atoms with Gasteiger partial charge in [-0.2, -0.15) is 13.2 Å². The predicted molar refractivity (Wildman–Crippen MR) is 214 cm³/mol. The van der Waals surface area contributed by atoms with Crippen molar-refractivity contribution >= 4 is 40.8 Å². The van der Waals surface area contributed by atoms with E-state index in [1.54, 1.807) is 28.6 Å². The third kappa shape index (κ3) is 8.15. The SMILES string of the molecule is CCc1[nH]n(C)c(-c2ccc3c(c2)CCOC3)nn(CC(=O)Nc2ccc(C(F)(F)F)c3c2CC3)c(=O)c1N1CCN(C(=O)c2ccccc2NSC2CC2)CC1. The Balaban J connectivity index is 1.12. The summed E-state index contributed by atoms with van der Waals surface area (Å²) in [5.41, 5.74) is 4.92. The number of nitrogens with zero attached hydrogens (tertiary/aromatic N) is 5. The lowest BCUT2D eigenvalue weighted by atomic mass is 9.83. The first-order valence-electron chi connectivity index (χ1n) is 19.4. The maximum Gasteiger partial charge on any atom is 0.416 e. The molecule has 4 aromatic rings. The van der Waals surface area contributed by atoms with E-state index >= 15 is 0 Å². The molecule has 3 aromatic carbocycles. The molecule has 0 spiro atoms. The van der Waals surface area contributed by atoms with Crippen LogP contribution in [-0.4, -0.2) is 74.3 Å². The number of halogens is 3. The molecule has 0 bridgehead atoms. The van der Waals surface area contributed by atoms with Gasteiger partial charge in [-0.15, -0.1) is 5.10 Å². The van der Waals surface area contributed by atoms with E-state index in [2.05, 4.69) is 15.1 Å². The van der Waals surface area contributed by atoms with Gasteiger partial charge in [0, 0.05) is 49.7 Å². The van der Waals surface area contributed by atoms with Crippen LogP contribution in [0.15, 0.2) is 59.4 Å². The number of para-hydroxylation sites is 1. The second-order valence-electron chi connectivity index (χ2n) is 14.8. The van der Waals surface area contributed by atoms with E-state index in [-0.39, 0.29) is 17.9 Å². The zero-order valence-corrected chi connectivity index (χ0v) is 32.7. The Morgan fingerprint density at radius 2 is 1.74 bits per heavy atom. The third-order valence-electron chi connectivity index (χ3n) is 11.0. The Hall–Kier alpha value is -5.22. The quantitative estimate of drug-likeness (QED) is 0.160. The maximum absolute atomic E-state index is 14.8. The average Bonchev–Trinajstić information content (AvgIpc) is 4.02. The Bertz CT molecular complexity index is 2320. The van der Waals surface area contributed by atoms with E-state index < -0.39 is 29.8 Å². The van der Waals surface area contributed by atoms with Gasteiger partial charge in [0.1, 0.15) is 12.2 Å². The summed E-state index contributed by atoms with van der Waals surface area (Å²) < 4.78 is 52.8. The van der Waals surface area contributed by atoms with Gasteiger partial charge in [0.05, 0.1) is 35.7 Å². The van der Waals surface area contributed by atoms with Crippen molar-refractivity contribution in [1.82, 2.24) is 24.5 Å². The van der Waals surface area contributed by atoms with E-state index in [9.17, 15) is 27.6 Å². The number of ether oxygens (including phenoxy) is 1. The van der Waals surface area contributed by atoms with Gasteiger partial charge in [-0.3, -0.25) is 24.2 Å². The van der Waals surface area contributed by atoms with E-state index in [0.717, 1.165) is 52.4 Å². The normalized spacial score (nSPS) is 16.3. The summed E-state index contributed by atoms with van der Waals surface area (Å²) in [5, 5.41) is 11.6. The van der Waals surface area contributed by atoms with Gasteiger partial charge in [-0.25, -0.2) is 4.68 Å². The van der Waals surface area contributed by atoms with E-state index in [4.69, 9.17) is 9.84 Å². The van der Waals surface area contributed by atoms with Crippen LogP contribution in [0.1, 0.15) is 63.6 Å². The molecule has 1 saturated carbocycles. The van der Waals surface area contributed by atoms with Crippen LogP contribution in [0, 0.1) is 0 Å². The van der Waals surface area contributed by atoms with Gasteiger partial charge in [0.25, 0.3) is 11.5 Å². The van der Waals surface area contributed by atoms with Crippen LogP contribution < -0.4 is 20.5 Å². The fourth-order valence-corrected chi connectivity index (χ4v) is 8.50. The summed E-state index contributed by atoms with van der Waals surface area (Å²) in [5.74, 6) is -0.292. The standard InChI is InChI=1S/C41H45F3N8O4S/c1-3-33-37(50-17-19-51(20-18-50)39(54)31-6-4-5-7-35(31)48-57-28-10-11-28)40(55)52(23-36(53)45-34-15-14-32(41(42,43)44)29-12-13-30(29)34)47-38(49(2)46-33)26-8-9-27-24-56-21-16-25(27)22-26/h4-9,14-15,22,28,46,48H,3,10-13,16-21,23-24H2,1-2H3,(H,45,53). The van der Waals surface area contributed by atoms with Crippen molar-refractivity contribution in [2.75, 3.05) is 47.7 Å². The van der Waals surface area contributed by atoms with Crippen LogP contribution in [0.3, 0.4) is 0 Å². The number of rotatable bonds is 10. The molecule has 1 aromatic heterocycles. The number of benzene rings is 3. The predicted octanol–water partition coefficient (Wildman–Crippen LogP) is 6.28. The molecule has 2 amide bonds. The molecule has 2 aliphatic heterocycles. The largest absolute Gasteiger partial charge is 0.416 e. The number of carbonyl (C=O) groups excluding carboxylic acids is 2. The van der Waals surface area contributed by atoms with Gasteiger partial charge in [0.2, 0.25) is 5.91 Å². The zero-order valence-electron chi connectivity index (χ0n) is 31.9. The Kier molecular flexibility index (Phi) is 10.8. The molecule has 16 heteroatoms. The summed E-state index contributed by atoms with van der Waals surface area (Å²) in [6.07, 6.45) is -0.335. The molecule has 3 heterocycles. The Labute approximate surface area is 332 Å². The minimum absolute atomic E-state index is 0.0937. The average molecular weight is 803 g/mol. The number of alkyl halides is 3. The van der Waals surface area contributed by atoms with Crippen LogP contribution in [0.2, 0.25) is 0 Å². The molecular weight excluding hydrogens is 758 g/mol. The highest BCUT2D eigenvalue weighted by Gasteiger charge is 2.37. The van der Waals surface area contributed by atoms with Gasteiger partial charge < -0.3 is 24.6 Å². The number of fused-ring (bicyclic) bond motifs is 2. The molecular formula is C41H45F3N8O4S. The smallest absolute Gasteiger partial charge is 0.376 e. The van der Waals surface area contributed by atoms with Crippen LogP contribution >= 0.6 is 11.9 Å². The highest BCUT2D eigenvalue weighted by Crippen LogP contribution is 2.41. The summed E-state index contributed by atoms with van der Waals surface area (Å²) >= 11 is 1.64. The lowest BCUT2D eigenvalue weighted by molar-refractivity contribution is -0.138. The number of piperazine rings is 1. The molecule has 3 N–H and O–H groups in total. The van der Waals surface area contributed by atoms with Crippen molar-refractivity contribution in [3.63, 3.8) is 0 Å². The number of aromatic amines is 1. The maximum atomic E-state index is 14.8. The van der Waals surface area contributed by atoms with Gasteiger partial charge in [0.15, 0.2) is 5.82 Å². The first-order valence-corrected chi connectivity index (χ1v) is 20.3. The molecule has 8 rings (SSSR count). The molecule has 300 valence electrons. The van der Waals surface area contributed by atoms with Crippen LogP contribution in [0.5, 0.6) is 0 Å². The van der Waals surface area contributed by atoms with Crippen molar-refractivity contribution < 1.29 is 27.5 Å². The van der Waals surface area contributed by atoms with Crippen molar-refractivity contribution in [3.8, 4) is 11.4 Å². The van der Waals surface area contributed by atoms with Crippen molar-refractivity contribution in [1.29, 1.82) is 0 Å². The second-order valence-corrected chi connectivity index (χ2v) is 15.9. The number of aryl methyl sites for hydroxylation is 2. The number of aromatic nitrogens is 4. The number of anilines is 3. The molecule has 4 aliphatic rings. The zero-order chi connectivity index (χ0) is 39.8. The lowest BCUT2D eigenvalue weighted by Crippen LogP contribution is -2.51. The van der Waals surface area contributed by atoms with Crippen molar-refractivity contribution in [2.24, 2.45) is 7.05 Å². The Morgan fingerprint density at radius 3 is 2.46 bits per heavy atom. The molecule has 0 unspecified atom stereocenters. The molecule has 57 heavy (non-hydrogen) atoms. The third-order valence-corrected chi connectivity index (χ3v) is 12.1. The van der Waals surface area contributed by atoms with E-state index in [1.807, 2.05) is 54.3 Å². The summed E-state index contributed by atoms with van der Waals surface area (Å²) in [6, 6.07) is 15.7. The van der Waals surface area contributed by atoms with Crippen molar-refractivity contribution in [2.45, 2.75) is 70.0 Å². The first-order chi connectivity index (χ1) is 27.5. The molecule has 1 saturated heterocycles. The van der Waals surface area contributed by atoms with Crippen LogP contribution in [0.4, 0.5) is 30.2 Å². The van der Waals surface area contributed by atoms with E-state index in [1.165, 1.54) is 6.07 Å².